The largest absolute Gasteiger partial charge is 0.370 e. The minimum absolute atomic E-state index is 0.0142. The number of nitrogens with zero attached hydrogens (tertiary/aromatic N) is 2. The molecule has 19 heavy (non-hydrogen) atoms. The summed E-state index contributed by atoms with van der Waals surface area (Å²) in [6.45, 7) is 5.65. The molecule has 0 aromatic rings. The minimum atomic E-state index is -3.25. The van der Waals surface area contributed by atoms with E-state index in [1.165, 1.54) is 12.8 Å². The number of hydrogen-bond acceptors (Lipinski definition) is 3. The molecular formula is C12H26N4O2S. The van der Waals surface area contributed by atoms with Crippen molar-refractivity contribution in [2.24, 2.45) is 10.7 Å². The highest BCUT2D eigenvalue weighted by Gasteiger charge is 2.13. The third-order valence-corrected chi connectivity index (χ3v) is 4.53. The Balaban J connectivity index is 2.42. The van der Waals surface area contributed by atoms with Gasteiger partial charge in [0.25, 0.3) is 0 Å². The molecule has 1 saturated heterocycles. The number of hydrogen-bond donors (Lipinski definition) is 2. The number of rotatable bonds is 5. The van der Waals surface area contributed by atoms with Crippen LogP contribution in [0.25, 0.3) is 0 Å². The minimum Gasteiger partial charge on any atom is -0.370 e. The van der Waals surface area contributed by atoms with Gasteiger partial charge in [-0.2, -0.15) is 0 Å². The number of nitrogens with two attached hydrogens (primary N) is 1. The summed E-state index contributed by atoms with van der Waals surface area (Å²) in [5.41, 5.74) is 5.91. The average molecular weight is 290 g/mol. The van der Waals surface area contributed by atoms with E-state index in [4.69, 9.17) is 5.73 Å². The number of aliphatic imine (C=N–C) groups is 1. The molecule has 0 radical (unpaired) electrons. The lowest BCUT2D eigenvalue weighted by molar-refractivity contribution is 0.429. The predicted octanol–water partition coefficient (Wildman–Crippen LogP) is 0.505. The van der Waals surface area contributed by atoms with Crippen LogP contribution in [0.4, 0.5) is 0 Å². The Kier molecular flexibility index (Phi) is 6.57. The number of likely N-dealkylation sites (tertiary alicyclic amines) is 1. The number of sulfonamides is 1. The van der Waals surface area contributed by atoms with E-state index in [1.807, 2.05) is 0 Å². The summed E-state index contributed by atoms with van der Waals surface area (Å²) in [6.07, 6.45) is 4.72. The van der Waals surface area contributed by atoms with Gasteiger partial charge in [-0.15, -0.1) is 0 Å². The predicted molar refractivity (Wildman–Crippen MR) is 78.6 cm³/mol. The van der Waals surface area contributed by atoms with Crippen molar-refractivity contribution in [2.45, 2.75) is 45.6 Å². The maximum Gasteiger partial charge on any atom is 0.213 e. The molecule has 0 aliphatic carbocycles. The molecule has 7 heteroatoms. The van der Waals surface area contributed by atoms with E-state index < -0.39 is 10.0 Å². The molecule has 0 aromatic heterocycles. The van der Waals surface area contributed by atoms with Crippen LogP contribution in [0.3, 0.4) is 0 Å². The maximum atomic E-state index is 11.6. The first-order chi connectivity index (χ1) is 8.91. The molecule has 1 heterocycles. The Morgan fingerprint density at radius 1 is 1.26 bits per heavy atom. The van der Waals surface area contributed by atoms with Crippen molar-refractivity contribution < 1.29 is 8.42 Å². The maximum absolute atomic E-state index is 11.6. The Morgan fingerprint density at radius 2 is 1.84 bits per heavy atom. The fraction of sp³-hybridized carbons (Fsp3) is 0.917. The summed E-state index contributed by atoms with van der Waals surface area (Å²) < 4.78 is 25.8. The molecule has 1 aliphatic heterocycles. The van der Waals surface area contributed by atoms with Gasteiger partial charge in [-0.3, -0.25) is 4.99 Å². The lowest BCUT2D eigenvalue weighted by Gasteiger charge is -2.21. The summed E-state index contributed by atoms with van der Waals surface area (Å²) in [5.74, 6) is 0.460. The molecule has 0 spiro atoms. The van der Waals surface area contributed by atoms with Crippen LogP contribution in [-0.2, 0) is 10.0 Å². The first-order valence-electron chi connectivity index (χ1n) is 6.95. The molecule has 0 bridgehead atoms. The van der Waals surface area contributed by atoms with Gasteiger partial charge in [-0.1, -0.05) is 12.8 Å². The SMILES string of the molecule is CC(C)NS(=O)(=O)CCN=C(N)N1CCCCCC1. The van der Waals surface area contributed by atoms with Crippen molar-refractivity contribution in [3.8, 4) is 0 Å². The molecule has 6 nitrogen and oxygen atoms in total. The van der Waals surface area contributed by atoms with Gasteiger partial charge < -0.3 is 10.6 Å². The molecule has 1 fully saturated rings. The van der Waals surface area contributed by atoms with Gasteiger partial charge in [0.1, 0.15) is 0 Å². The third kappa shape index (κ3) is 6.77. The summed E-state index contributed by atoms with van der Waals surface area (Å²) in [7, 11) is -3.25. The van der Waals surface area contributed by atoms with Gasteiger partial charge in [-0.05, 0) is 26.7 Å². The van der Waals surface area contributed by atoms with Crippen molar-refractivity contribution >= 4 is 16.0 Å². The second-order valence-corrected chi connectivity index (χ2v) is 7.11. The molecule has 0 atom stereocenters. The summed E-state index contributed by atoms with van der Waals surface area (Å²) in [6, 6.07) is -0.0862. The lowest BCUT2D eigenvalue weighted by atomic mass is 10.2. The van der Waals surface area contributed by atoms with Crippen LogP contribution in [0.2, 0.25) is 0 Å². The topological polar surface area (TPSA) is 87.8 Å². The van der Waals surface area contributed by atoms with Crippen molar-refractivity contribution in [3.63, 3.8) is 0 Å². The Morgan fingerprint density at radius 3 is 2.37 bits per heavy atom. The van der Waals surface area contributed by atoms with Crippen molar-refractivity contribution in [3.05, 3.63) is 0 Å². The number of nitrogens with one attached hydrogen (secondary N) is 1. The molecule has 1 aliphatic rings. The molecular weight excluding hydrogens is 264 g/mol. The van der Waals surface area contributed by atoms with Gasteiger partial charge >= 0.3 is 0 Å². The molecule has 3 N–H and O–H groups in total. The molecule has 0 aromatic carbocycles. The van der Waals surface area contributed by atoms with Crippen LogP contribution in [0, 0.1) is 0 Å². The van der Waals surface area contributed by atoms with E-state index in [9.17, 15) is 8.42 Å². The fourth-order valence-electron chi connectivity index (χ4n) is 2.10. The molecule has 112 valence electrons. The van der Waals surface area contributed by atoms with Gasteiger partial charge in [0, 0.05) is 19.1 Å². The van der Waals surface area contributed by atoms with Crippen LogP contribution < -0.4 is 10.5 Å². The molecule has 0 amide bonds. The van der Waals surface area contributed by atoms with E-state index in [-0.39, 0.29) is 18.3 Å². The Bertz CT molecular complexity index is 385. The second-order valence-electron chi connectivity index (χ2n) is 5.23. The van der Waals surface area contributed by atoms with Crippen molar-refractivity contribution in [1.29, 1.82) is 0 Å². The van der Waals surface area contributed by atoms with E-state index >= 15 is 0 Å². The smallest absolute Gasteiger partial charge is 0.213 e. The Hall–Kier alpha value is -0.820. The van der Waals surface area contributed by atoms with Crippen molar-refractivity contribution in [1.82, 2.24) is 9.62 Å². The molecule has 1 rings (SSSR count). The first kappa shape index (κ1) is 16.2. The summed E-state index contributed by atoms with van der Waals surface area (Å²) in [5, 5.41) is 0. The van der Waals surface area contributed by atoms with E-state index in [2.05, 4.69) is 14.6 Å². The quantitative estimate of drug-likeness (QED) is 0.570. The van der Waals surface area contributed by atoms with E-state index in [1.54, 1.807) is 13.8 Å². The highest BCUT2D eigenvalue weighted by molar-refractivity contribution is 7.89. The first-order valence-corrected chi connectivity index (χ1v) is 8.61. The number of guanidine groups is 1. The van der Waals surface area contributed by atoms with E-state index in [0.717, 1.165) is 25.9 Å². The van der Waals surface area contributed by atoms with Crippen LogP contribution in [-0.4, -0.2) is 50.7 Å². The summed E-state index contributed by atoms with van der Waals surface area (Å²) >= 11 is 0. The van der Waals surface area contributed by atoms with Crippen molar-refractivity contribution in [2.75, 3.05) is 25.4 Å². The fourth-order valence-corrected chi connectivity index (χ4v) is 3.27. The zero-order valence-electron chi connectivity index (χ0n) is 11.9. The van der Waals surface area contributed by atoms with Gasteiger partial charge in [0.05, 0.1) is 12.3 Å². The Labute approximate surface area is 116 Å². The zero-order chi connectivity index (χ0) is 14.3. The zero-order valence-corrected chi connectivity index (χ0v) is 12.7. The van der Waals surface area contributed by atoms with Gasteiger partial charge in [-0.25, -0.2) is 13.1 Å². The standard InChI is InChI=1S/C12H26N4O2S/c1-11(2)15-19(17,18)10-7-14-12(13)16-8-5-3-4-6-9-16/h11,15H,3-10H2,1-2H3,(H2,13,14). The second kappa shape index (κ2) is 7.69. The van der Waals surface area contributed by atoms with Gasteiger partial charge in [0.2, 0.25) is 10.0 Å². The lowest BCUT2D eigenvalue weighted by Crippen LogP contribution is -2.39. The van der Waals surface area contributed by atoms with Crippen LogP contribution in [0.15, 0.2) is 4.99 Å². The van der Waals surface area contributed by atoms with Crippen LogP contribution in [0.1, 0.15) is 39.5 Å². The van der Waals surface area contributed by atoms with Gasteiger partial charge in [0.15, 0.2) is 5.96 Å². The normalized spacial score (nSPS) is 18.7. The third-order valence-electron chi connectivity index (χ3n) is 2.98. The monoisotopic (exact) mass is 290 g/mol. The average Bonchev–Trinajstić information content (AvgIpc) is 2.55. The van der Waals surface area contributed by atoms with Crippen LogP contribution in [0.5, 0.6) is 0 Å². The molecule has 0 saturated carbocycles. The summed E-state index contributed by atoms with van der Waals surface area (Å²) in [4.78, 5) is 6.23. The highest BCUT2D eigenvalue weighted by atomic mass is 32.2. The highest BCUT2D eigenvalue weighted by Crippen LogP contribution is 2.08. The van der Waals surface area contributed by atoms with E-state index in [0.29, 0.717) is 5.96 Å². The van der Waals surface area contributed by atoms with Crippen LogP contribution >= 0.6 is 0 Å². The molecule has 0 unspecified atom stereocenters.